The minimum atomic E-state index is -0.866. The summed E-state index contributed by atoms with van der Waals surface area (Å²) in [5, 5.41) is 6.83. The number of amides is 2. The molecule has 2 amide bonds. The Morgan fingerprint density at radius 3 is 2.67 bits per heavy atom. The van der Waals surface area contributed by atoms with Crippen molar-refractivity contribution in [3.63, 3.8) is 0 Å². The third-order valence-electron chi connectivity index (χ3n) is 3.32. The van der Waals surface area contributed by atoms with Crippen LogP contribution in [0, 0.1) is 0 Å². The van der Waals surface area contributed by atoms with E-state index in [1.165, 1.54) is 13.3 Å². The van der Waals surface area contributed by atoms with Gasteiger partial charge in [-0.3, -0.25) is 9.59 Å². The van der Waals surface area contributed by atoms with Crippen molar-refractivity contribution in [2.24, 2.45) is 5.10 Å². The highest BCUT2D eigenvalue weighted by molar-refractivity contribution is 6.37. The highest BCUT2D eigenvalue weighted by Crippen LogP contribution is 2.33. The first-order valence-corrected chi connectivity index (χ1v) is 8.02. The molecule has 0 aromatic heterocycles. The van der Waals surface area contributed by atoms with E-state index >= 15 is 0 Å². The van der Waals surface area contributed by atoms with Gasteiger partial charge in [0.2, 0.25) is 0 Å². The molecule has 0 bridgehead atoms. The Kier molecular flexibility index (Phi) is 6.84. The lowest BCUT2D eigenvalue weighted by Crippen LogP contribution is -2.41. The summed E-state index contributed by atoms with van der Waals surface area (Å²) >= 11 is 12.0. The van der Waals surface area contributed by atoms with E-state index in [0.717, 1.165) is 12.8 Å². The minimum Gasteiger partial charge on any atom is -0.494 e. The van der Waals surface area contributed by atoms with Crippen molar-refractivity contribution in [2.75, 3.05) is 20.3 Å². The molecule has 1 atom stereocenters. The Morgan fingerprint density at radius 1 is 1.38 bits per heavy atom. The normalized spacial score (nSPS) is 17.0. The highest BCUT2D eigenvalue weighted by atomic mass is 35.5. The molecule has 1 saturated heterocycles. The predicted molar refractivity (Wildman–Crippen MR) is 90.7 cm³/mol. The number of carbonyl (C=O) groups is 2. The summed E-state index contributed by atoms with van der Waals surface area (Å²) in [5.41, 5.74) is 2.68. The number of hydrogen-bond donors (Lipinski definition) is 2. The van der Waals surface area contributed by atoms with Gasteiger partial charge < -0.3 is 14.8 Å². The number of methoxy groups -OCH3 is 1. The maximum absolute atomic E-state index is 11.6. The van der Waals surface area contributed by atoms with Gasteiger partial charge in [0, 0.05) is 13.2 Å². The lowest BCUT2D eigenvalue weighted by molar-refractivity contribution is -0.139. The number of nitrogens with zero attached hydrogens (tertiary/aromatic N) is 1. The number of benzene rings is 1. The molecule has 2 rings (SSSR count). The number of nitrogens with one attached hydrogen (secondary N) is 2. The quantitative estimate of drug-likeness (QED) is 0.467. The summed E-state index contributed by atoms with van der Waals surface area (Å²) in [4.78, 5) is 23.2. The highest BCUT2D eigenvalue weighted by Gasteiger charge is 2.19. The van der Waals surface area contributed by atoms with Crippen molar-refractivity contribution in [1.82, 2.24) is 10.7 Å². The number of carbonyl (C=O) groups excluding carboxylic acids is 2. The van der Waals surface area contributed by atoms with Crippen LogP contribution in [0.25, 0.3) is 0 Å². The van der Waals surface area contributed by atoms with E-state index in [9.17, 15) is 9.59 Å². The molecule has 9 heteroatoms. The Hall–Kier alpha value is -1.83. The number of hydrazone groups is 1. The molecule has 1 aliphatic heterocycles. The average molecular weight is 374 g/mol. The maximum Gasteiger partial charge on any atom is 0.329 e. The van der Waals surface area contributed by atoms with Crippen LogP contribution in [-0.4, -0.2) is 44.4 Å². The topological polar surface area (TPSA) is 89.0 Å². The van der Waals surface area contributed by atoms with Crippen LogP contribution in [-0.2, 0) is 14.3 Å². The smallest absolute Gasteiger partial charge is 0.329 e. The molecule has 24 heavy (non-hydrogen) atoms. The first kappa shape index (κ1) is 18.5. The van der Waals surface area contributed by atoms with Gasteiger partial charge in [-0.15, -0.1) is 0 Å². The zero-order valence-electron chi connectivity index (χ0n) is 13.0. The zero-order valence-corrected chi connectivity index (χ0v) is 14.5. The van der Waals surface area contributed by atoms with E-state index in [4.69, 9.17) is 32.7 Å². The second-order valence-electron chi connectivity index (χ2n) is 5.06. The van der Waals surface area contributed by atoms with Gasteiger partial charge in [-0.05, 0) is 30.5 Å². The van der Waals surface area contributed by atoms with Crippen LogP contribution in [0.1, 0.15) is 18.4 Å². The van der Waals surface area contributed by atoms with Gasteiger partial charge in [-0.1, -0.05) is 23.2 Å². The van der Waals surface area contributed by atoms with E-state index in [0.29, 0.717) is 34.5 Å². The fourth-order valence-electron chi connectivity index (χ4n) is 2.16. The minimum absolute atomic E-state index is 0.0335. The molecule has 0 aliphatic carbocycles. The van der Waals surface area contributed by atoms with E-state index in [-0.39, 0.29) is 6.10 Å². The Balaban J connectivity index is 1.84. The van der Waals surface area contributed by atoms with Crippen LogP contribution in [0.3, 0.4) is 0 Å². The van der Waals surface area contributed by atoms with Crippen LogP contribution in [0.4, 0.5) is 0 Å². The second kappa shape index (κ2) is 8.86. The monoisotopic (exact) mass is 373 g/mol. The Bertz CT molecular complexity index is 623. The summed E-state index contributed by atoms with van der Waals surface area (Å²) in [6, 6.07) is 3.14. The number of hydrogen-bond acceptors (Lipinski definition) is 5. The molecule has 0 unspecified atom stereocenters. The molecule has 0 saturated carbocycles. The first-order valence-electron chi connectivity index (χ1n) is 7.27. The maximum atomic E-state index is 11.6. The fourth-order valence-corrected chi connectivity index (χ4v) is 2.82. The van der Waals surface area contributed by atoms with E-state index < -0.39 is 11.8 Å². The van der Waals surface area contributed by atoms with Crippen LogP contribution in [0.2, 0.25) is 10.0 Å². The lowest BCUT2D eigenvalue weighted by atomic mass is 10.2. The van der Waals surface area contributed by atoms with Crippen molar-refractivity contribution in [2.45, 2.75) is 18.9 Å². The Morgan fingerprint density at radius 2 is 2.08 bits per heavy atom. The predicted octanol–water partition coefficient (Wildman–Crippen LogP) is 1.75. The van der Waals surface area contributed by atoms with Crippen LogP contribution < -0.4 is 15.5 Å². The van der Waals surface area contributed by atoms with Gasteiger partial charge in [0.15, 0.2) is 5.75 Å². The van der Waals surface area contributed by atoms with Gasteiger partial charge in [0.1, 0.15) is 0 Å². The second-order valence-corrected chi connectivity index (χ2v) is 5.88. The molecule has 1 fully saturated rings. The van der Waals surface area contributed by atoms with Crippen molar-refractivity contribution < 1.29 is 19.1 Å². The summed E-state index contributed by atoms with van der Waals surface area (Å²) < 4.78 is 10.4. The summed E-state index contributed by atoms with van der Waals surface area (Å²) in [6.45, 7) is 0.990. The van der Waals surface area contributed by atoms with Crippen molar-refractivity contribution in [1.29, 1.82) is 0 Å². The molecule has 130 valence electrons. The number of halogens is 2. The summed E-state index contributed by atoms with van der Waals surface area (Å²) in [6.07, 6.45) is 3.12. The van der Waals surface area contributed by atoms with Crippen molar-refractivity contribution in [3.8, 4) is 5.75 Å². The van der Waals surface area contributed by atoms with Crippen LogP contribution in [0.5, 0.6) is 5.75 Å². The van der Waals surface area contributed by atoms with Gasteiger partial charge in [-0.2, -0.15) is 5.10 Å². The van der Waals surface area contributed by atoms with Crippen molar-refractivity contribution >= 4 is 41.2 Å². The first-order chi connectivity index (χ1) is 11.5. The molecule has 1 heterocycles. The van der Waals surface area contributed by atoms with Gasteiger partial charge in [0.05, 0.1) is 29.5 Å². The lowest BCUT2D eigenvalue weighted by Gasteiger charge is -2.09. The third-order valence-corrected chi connectivity index (χ3v) is 3.89. The van der Waals surface area contributed by atoms with Gasteiger partial charge in [0.25, 0.3) is 0 Å². The van der Waals surface area contributed by atoms with E-state index in [2.05, 4.69) is 15.8 Å². The van der Waals surface area contributed by atoms with Crippen LogP contribution >= 0.6 is 23.2 Å². The molecule has 1 aromatic carbocycles. The molecule has 0 radical (unpaired) electrons. The molecular weight excluding hydrogens is 357 g/mol. The Labute approximate surface area is 149 Å². The fraction of sp³-hybridized carbons (Fsp3) is 0.400. The van der Waals surface area contributed by atoms with Crippen molar-refractivity contribution in [3.05, 3.63) is 27.7 Å². The molecule has 0 spiro atoms. The summed E-state index contributed by atoms with van der Waals surface area (Å²) in [7, 11) is 1.45. The number of ether oxygens (including phenoxy) is 2. The van der Waals surface area contributed by atoms with Crippen LogP contribution in [0.15, 0.2) is 17.2 Å². The largest absolute Gasteiger partial charge is 0.494 e. The molecule has 7 nitrogen and oxygen atoms in total. The van der Waals surface area contributed by atoms with E-state index in [1.807, 2.05) is 0 Å². The third kappa shape index (κ3) is 5.09. The molecule has 1 aromatic rings. The molecular formula is C15H17Cl2N3O4. The summed E-state index contributed by atoms with van der Waals surface area (Å²) in [5.74, 6) is -1.28. The molecule has 2 N–H and O–H groups in total. The SMILES string of the molecule is COc1c(Cl)cc(/C=N\NC(=O)C(=O)NC[C@H]2CCCO2)cc1Cl. The van der Waals surface area contributed by atoms with E-state index in [1.54, 1.807) is 12.1 Å². The van der Waals surface area contributed by atoms with Gasteiger partial charge in [-0.25, -0.2) is 5.43 Å². The standard InChI is InChI=1S/C15H17Cl2N3O4/c1-23-13-11(16)5-9(6-12(13)17)7-19-20-15(22)14(21)18-8-10-3-2-4-24-10/h5-7,10H,2-4,8H2,1H3,(H,18,21)(H,20,22)/b19-7-/t10-/m1/s1. The molecule has 1 aliphatic rings. The van der Waals surface area contributed by atoms with Gasteiger partial charge >= 0.3 is 11.8 Å². The number of rotatable bonds is 5. The zero-order chi connectivity index (χ0) is 17.5. The average Bonchev–Trinajstić information content (AvgIpc) is 3.05.